The van der Waals surface area contributed by atoms with E-state index < -0.39 is 27.8 Å². The first-order valence-corrected chi connectivity index (χ1v) is 11.3. The van der Waals surface area contributed by atoms with Gasteiger partial charge in [-0.25, -0.2) is 12.8 Å². The molecule has 3 aromatic rings. The van der Waals surface area contributed by atoms with Crippen molar-refractivity contribution in [2.24, 2.45) is 0 Å². The van der Waals surface area contributed by atoms with Crippen LogP contribution < -0.4 is 5.32 Å². The van der Waals surface area contributed by atoms with Gasteiger partial charge in [-0.05, 0) is 61.4 Å². The molecule has 11 heteroatoms. The maximum absolute atomic E-state index is 13.1. The third-order valence-electron chi connectivity index (χ3n) is 4.67. The molecule has 1 unspecified atom stereocenters. The van der Waals surface area contributed by atoms with Gasteiger partial charge in [0.25, 0.3) is 0 Å². The summed E-state index contributed by atoms with van der Waals surface area (Å²) in [6.07, 6.45) is 0.868. The predicted molar refractivity (Wildman–Crippen MR) is 109 cm³/mol. The minimum atomic E-state index is -3.95. The van der Waals surface area contributed by atoms with Gasteiger partial charge in [-0.15, -0.1) is 5.10 Å². The average molecular weight is 495 g/mol. The molecule has 0 bridgehead atoms. The monoisotopic (exact) mass is 494 g/mol. The summed E-state index contributed by atoms with van der Waals surface area (Å²) in [5.41, 5.74) is 0.674. The summed E-state index contributed by atoms with van der Waals surface area (Å²) in [4.78, 5) is 12.7. The molecule has 1 amide bonds. The fraction of sp³-hybridized carbons (Fsp3) is 0.211. The quantitative estimate of drug-likeness (QED) is 0.582. The zero-order chi connectivity index (χ0) is 21.3. The van der Waals surface area contributed by atoms with E-state index in [1.54, 1.807) is 12.1 Å². The van der Waals surface area contributed by atoms with Crippen molar-refractivity contribution in [1.29, 1.82) is 0 Å². The molecule has 156 valence electrons. The Kier molecular flexibility index (Phi) is 5.67. The molecule has 2 heterocycles. The van der Waals surface area contributed by atoms with Gasteiger partial charge in [0.15, 0.2) is 0 Å². The Morgan fingerprint density at radius 2 is 1.83 bits per heavy atom. The molecule has 1 N–H and O–H groups in total. The van der Waals surface area contributed by atoms with Crippen LogP contribution in [-0.4, -0.2) is 41.4 Å². The smallest absolute Gasteiger partial charge is 0.322 e. The zero-order valence-corrected chi connectivity index (χ0v) is 17.9. The van der Waals surface area contributed by atoms with Crippen LogP contribution in [0.25, 0.3) is 11.5 Å². The number of nitrogens with zero attached hydrogens (tertiary/aromatic N) is 3. The third-order valence-corrected chi connectivity index (χ3v) is 7.12. The van der Waals surface area contributed by atoms with E-state index in [0.29, 0.717) is 18.4 Å². The minimum Gasteiger partial charge on any atom is -0.403 e. The SMILES string of the molecule is O=C(Nc1nnc(-c2ccc(Br)cc2)o1)C1CCCN1S(=O)(=O)c1ccc(F)cc1. The molecule has 1 atom stereocenters. The Balaban J connectivity index is 1.50. The van der Waals surface area contributed by atoms with Crippen LogP contribution in [0.5, 0.6) is 0 Å². The Morgan fingerprint density at radius 1 is 1.13 bits per heavy atom. The third kappa shape index (κ3) is 4.13. The second kappa shape index (κ2) is 8.25. The number of carbonyl (C=O) groups is 1. The van der Waals surface area contributed by atoms with Gasteiger partial charge in [-0.2, -0.15) is 4.31 Å². The number of anilines is 1. The molecule has 1 fully saturated rings. The summed E-state index contributed by atoms with van der Waals surface area (Å²) < 4.78 is 46.4. The van der Waals surface area contributed by atoms with E-state index in [2.05, 4.69) is 31.4 Å². The van der Waals surface area contributed by atoms with Crippen molar-refractivity contribution < 1.29 is 22.0 Å². The van der Waals surface area contributed by atoms with Crippen molar-refractivity contribution in [1.82, 2.24) is 14.5 Å². The second-order valence-electron chi connectivity index (χ2n) is 6.64. The number of hydrogen-bond acceptors (Lipinski definition) is 6. The normalized spacial score (nSPS) is 17.2. The zero-order valence-electron chi connectivity index (χ0n) is 15.5. The number of rotatable bonds is 5. The summed E-state index contributed by atoms with van der Waals surface area (Å²) in [5, 5.41) is 10.2. The molecular formula is C19H16BrFN4O4S. The van der Waals surface area contributed by atoms with Gasteiger partial charge in [0.1, 0.15) is 11.9 Å². The van der Waals surface area contributed by atoms with Gasteiger partial charge < -0.3 is 4.42 Å². The van der Waals surface area contributed by atoms with E-state index in [-0.39, 0.29) is 23.3 Å². The molecule has 0 spiro atoms. The van der Waals surface area contributed by atoms with Gasteiger partial charge in [-0.3, -0.25) is 10.1 Å². The van der Waals surface area contributed by atoms with Crippen LogP contribution in [0.3, 0.4) is 0 Å². The van der Waals surface area contributed by atoms with Crippen LogP contribution in [-0.2, 0) is 14.8 Å². The molecule has 1 saturated heterocycles. The highest BCUT2D eigenvalue weighted by molar-refractivity contribution is 9.10. The van der Waals surface area contributed by atoms with E-state index in [9.17, 15) is 17.6 Å². The van der Waals surface area contributed by atoms with E-state index in [4.69, 9.17) is 4.42 Å². The molecule has 30 heavy (non-hydrogen) atoms. The summed E-state index contributed by atoms with van der Waals surface area (Å²) in [7, 11) is -3.95. The highest BCUT2D eigenvalue weighted by atomic mass is 79.9. The number of halogens is 2. The van der Waals surface area contributed by atoms with Crippen molar-refractivity contribution in [3.05, 3.63) is 58.8 Å². The Morgan fingerprint density at radius 3 is 2.53 bits per heavy atom. The summed E-state index contributed by atoms with van der Waals surface area (Å²) in [6.45, 7) is 0.186. The van der Waals surface area contributed by atoms with E-state index in [1.165, 1.54) is 12.1 Å². The molecular weight excluding hydrogens is 479 g/mol. The van der Waals surface area contributed by atoms with Crippen molar-refractivity contribution in [2.75, 3.05) is 11.9 Å². The number of carbonyl (C=O) groups excluding carboxylic acids is 1. The van der Waals surface area contributed by atoms with Gasteiger partial charge in [0.05, 0.1) is 4.90 Å². The minimum absolute atomic E-state index is 0.0704. The molecule has 4 rings (SSSR count). The van der Waals surface area contributed by atoms with Crippen molar-refractivity contribution in [3.8, 4) is 11.5 Å². The molecule has 0 radical (unpaired) electrons. The Bertz CT molecular complexity index is 1170. The second-order valence-corrected chi connectivity index (χ2v) is 9.44. The number of amides is 1. The van der Waals surface area contributed by atoms with Crippen LogP contribution in [0.15, 0.2) is 62.3 Å². The van der Waals surface area contributed by atoms with E-state index in [1.807, 2.05) is 12.1 Å². The van der Waals surface area contributed by atoms with Gasteiger partial charge in [0.2, 0.25) is 21.8 Å². The molecule has 1 aliphatic heterocycles. The lowest BCUT2D eigenvalue weighted by Gasteiger charge is -2.22. The molecule has 1 aliphatic rings. The first-order valence-electron chi connectivity index (χ1n) is 9.02. The fourth-order valence-corrected chi connectivity index (χ4v) is 5.12. The van der Waals surface area contributed by atoms with Crippen molar-refractivity contribution in [2.45, 2.75) is 23.8 Å². The maximum Gasteiger partial charge on any atom is 0.322 e. The topological polar surface area (TPSA) is 105 Å². The summed E-state index contributed by atoms with van der Waals surface area (Å²) >= 11 is 3.34. The van der Waals surface area contributed by atoms with Crippen molar-refractivity contribution >= 4 is 37.9 Å². The van der Waals surface area contributed by atoms with Gasteiger partial charge >= 0.3 is 6.01 Å². The average Bonchev–Trinajstić information content (AvgIpc) is 3.39. The highest BCUT2D eigenvalue weighted by Gasteiger charge is 2.39. The van der Waals surface area contributed by atoms with Crippen molar-refractivity contribution in [3.63, 3.8) is 0 Å². The Labute approximate surface area is 180 Å². The van der Waals surface area contributed by atoms with E-state index in [0.717, 1.165) is 20.9 Å². The number of hydrogen-bond donors (Lipinski definition) is 1. The molecule has 2 aromatic carbocycles. The summed E-state index contributed by atoms with van der Waals surface area (Å²) in [6, 6.07) is 10.6. The van der Waals surface area contributed by atoms with E-state index >= 15 is 0 Å². The predicted octanol–water partition coefficient (Wildman–Crippen LogP) is 3.43. The highest BCUT2D eigenvalue weighted by Crippen LogP contribution is 2.28. The lowest BCUT2D eigenvalue weighted by molar-refractivity contribution is -0.119. The number of sulfonamides is 1. The standard InChI is InChI=1S/C19H16BrFN4O4S/c20-13-5-3-12(4-6-13)18-23-24-19(29-18)22-17(26)16-2-1-11-25(16)30(27,28)15-9-7-14(21)8-10-15/h3-10,16H,1-2,11H2,(H,22,24,26). The molecule has 0 saturated carbocycles. The largest absolute Gasteiger partial charge is 0.403 e. The number of aromatic nitrogens is 2. The first kappa shape index (κ1) is 20.6. The number of benzene rings is 2. The lowest BCUT2D eigenvalue weighted by Crippen LogP contribution is -2.43. The summed E-state index contributed by atoms with van der Waals surface area (Å²) in [5.74, 6) is -0.883. The first-order chi connectivity index (χ1) is 14.3. The van der Waals surface area contributed by atoms with Crippen LogP contribution in [0, 0.1) is 5.82 Å². The fourth-order valence-electron chi connectivity index (χ4n) is 3.20. The van der Waals surface area contributed by atoms with Crippen LogP contribution >= 0.6 is 15.9 Å². The molecule has 1 aromatic heterocycles. The molecule has 0 aliphatic carbocycles. The van der Waals surface area contributed by atoms with Gasteiger partial charge in [0, 0.05) is 16.6 Å². The number of nitrogens with one attached hydrogen (secondary N) is 1. The van der Waals surface area contributed by atoms with Crippen LogP contribution in [0.4, 0.5) is 10.4 Å². The lowest BCUT2D eigenvalue weighted by atomic mass is 10.2. The van der Waals surface area contributed by atoms with Gasteiger partial charge in [-0.1, -0.05) is 21.0 Å². The Hall–Kier alpha value is -2.63. The maximum atomic E-state index is 13.1. The van der Waals surface area contributed by atoms with Crippen LogP contribution in [0.2, 0.25) is 0 Å². The van der Waals surface area contributed by atoms with Crippen LogP contribution in [0.1, 0.15) is 12.8 Å². The molecule has 8 nitrogen and oxygen atoms in total.